The summed E-state index contributed by atoms with van der Waals surface area (Å²) in [6.07, 6.45) is 2.98. The first-order valence-electron chi connectivity index (χ1n) is 3.78. The lowest BCUT2D eigenvalue weighted by atomic mass is 10.2. The second kappa shape index (κ2) is 2.30. The second-order valence-corrected chi connectivity index (χ2v) is 3.10. The molecule has 2 rings (SSSR count). The van der Waals surface area contributed by atoms with Crippen molar-refractivity contribution >= 4 is 0 Å². The Balaban J connectivity index is 2.08. The van der Waals surface area contributed by atoms with E-state index in [1.807, 2.05) is 13.2 Å². The van der Waals surface area contributed by atoms with E-state index in [0.717, 1.165) is 12.1 Å². The van der Waals surface area contributed by atoms with Crippen LogP contribution in [0.5, 0.6) is 0 Å². The van der Waals surface area contributed by atoms with Gasteiger partial charge in [-0.05, 0) is 12.3 Å². The van der Waals surface area contributed by atoms with Gasteiger partial charge in [0, 0.05) is 25.8 Å². The lowest BCUT2D eigenvalue weighted by Crippen LogP contribution is -1.88. The van der Waals surface area contributed by atoms with Gasteiger partial charge in [-0.15, -0.1) is 5.10 Å². The summed E-state index contributed by atoms with van der Waals surface area (Å²) in [5.74, 6) is 0.903. The highest BCUT2D eigenvalue weighted by Gasteiger charge is 2.39. The molecule has 1 N–H and O–H groups in total. The average Bonchev–Trinajstić information content (AvgIpc) is 2.68. The minimum Gasteiger partial charge on any atom is -0.396 e. The third kappa shape index (κ3) is 1.14. The molecule has 1 aliphatic carbocycles. The van der Waals surface area contributed by atoms with Crippen molar-refractivity contribution in [3.05, 3.63) is 11.9 Å². The Bertz CT molecular complexity index is 258. The van der Waals surface area contributed by atoms with Gasteiger partial charge in [-0.1, -0.05) is 5.21 Å². The molecule has 0 aliphatic heterocycles. The molecule has 0 amide bonds. The number of hydrogen-bond acceptors (Lipinski definition) is 3. The number of nitrogens with zero attached hydrogens (tertiary/aromatic N) is 3. The van der Waals surface area contributed by atoms with Gasteiger partial charge >= 0.3 is 0 Å². The Morgan fingerprint density at radius 2 is 2.64 bits per heavy atom. The fraction of sp³-hybridized carbons (Fsp3) is 0.714. The van der Waals surface area contributed by atoms with Crippen LogP contribution in [0.15, 0.2) is 6.20 Å². The third-order valence-electron chi connectivity index (χ3n) is 2.16. The molecule has 1 fully saturated rings. The molecule has 4 nitrogen and oxygen atoms in total. The van der Waals surface area contributed by atoms with Crippen molar-refractivity contribution < 1.29 is 5.11 Å². The highest BCUT2D eigenvalue weighted by molar-refractivity contribution is 5.13. The molecule has 2 unspecified atom stereocenters. The maximum Gasteiger partial charge on any atom is 0.0861 e. The van der Waals surface area contributed by atoms with Crippen molar-refractivity contribution in [3.8, 4) is 0 Å². The molecule has 1 aromatic rings. The van der Waals surface area contributed by atoms with Crippen LogP contribution in [0.3, 0.4) is 0 Å². The number of rotatable bonds is 2. The minimum absolute atomic E-state index is 0.279. The van der Waals surface area contributed by atoms with E-state index < -0.39 is 0 Å². The van der Waals surface area contributed by atoms with E-state index in [9.17, 15) is 0 Å². The number of aliphatic hydroxyl groups excluding tert-OH is 1. The number of aliphatic hydroxyl groups is 1. The second-order valence-electron chi connectivity index (χ2n) is 3.10. The number of aryl methyl sites for hydroxylation is 1. The van der Waals surface area contributed by atoms with Gasteiger partial charge in [0.05, 0.1) is 5.69 Å². The zero-order chi connectivity index (χ0) is 7.84. The molecule has 1 saturated carbocycles. The Morgan fingerprint density at radius 3 is 3.09 bits per heavy atom. The van der Waals surface area contributed by atoms with Crippen LogP contribution in [0, 0.1) is 5.92 Å². The average molecular weight is 153 g/mol. The molecule has 4 heteroatoms. The summed E-state index contributed by atoms with van der Waals surface area (Å²) < 4.78 is 1.70. The maximum atomic E-state index is 8.79. The van der Waals surface area contributed by atoms with Crippen molar-refractivity contribution in [2.75, 3.05) is 6.61 Å². The SMILES string of the molecule is Cn1cc(C2CC2CO)nn1. The molecule has 0 bridgehead atoms. The third-order valence-corrected chi connectivity index (χ3v) is 2.16. The van der Waals surface area contributed by atoms with Crippen LogP contribution in [0.25, 0.3) is 0 Å². The molecular formula is C7H11N3O. The van der Waals surface area contributed by atoms with Gasteiger partial charge in [-0.3, -0.25) is 4.68 Å². The molecule has 1 aromatic heterocycles. The first-order valence-corrected chi connectivity index (χ1v) is 3.78. The normalized spacial score (nSPS) is 28.9. The topological polar surface area (TPSA) is 50.9 Å². The van der Waals surface area contributed by atoms with Gasteiger partial charge in [0.15, 0.2) is 0 Å². The monoisotopic (exact) mass is 153 g/mol. The Hall–Kier alpha value is -0.900. The lowest BCUT2D eigenvalue weighted by molar-refractivity contribution is 0.273. The van der Waals surface area contributed by atoms with Crippen LogP contribution in [0.1, 0.15) is 18.0 Å². The minimum atomic E-state index is 0.279. The van der Waals surface area contributed by atoms with Gasteiger partial charge in [-0.25, -0.2) is 0 Å². The van der Waals surface area contributed by atoms with Crippen LogP contribution >= 0.6 is 0 Å². The Labute approximate surface area is 64.8 Å². The van der Waals surface area contributed by atoms with E-state index in [4.69, 9.17) is 5.11 Å². The quantitative estimate of drug-likeness (QED) is 0.646. The van der Waals surface area contributed by atoms with Crippen LogP contribution in [0.4, 0.5) is 0 Å². The van der Waals surface area contributed by atoms with Gasteiger partial charge in [0.2, 0.25) is 0 Å². The van der Waals surface area contributed by atoms with Crippen molar-refractivity contribution in [1.82, 2.24) is 15.0 Å². The molecule has 2 atom stereocenters. The summed E-state index contributed by atoms with van der Waals surface area (Å²) in [7, 11) is 1.85. The fourth-order valence-corrected chi connectivity index (χ4v) is 1.35. The van der Waals surface area contributed by atoms with Crippen LogP contribution in [-0.2, 0) is 7.05 Å². The van der Waals surface area contributed by atoms with Crippen molar-refractivity contribution in [1.29, 1.82) is 0 Å². The summed E-state index contributed by atoms with van der Waals surface area (Å²) in [6, 6.07) is 0. The molecule has 1 aliphatic rings. The van der Waals surface area contributed by atoms with E-state index in [1.54, 1.807) is 4.68 Å². The molecule has 60 valence electrons. The summed E-state index contributed by atoms with van der Waals surface area (Å²) in [5, 5.41) is 16.6. The number of hydrogen-bond donors (Lipinski definition) is 1. The van der Waals surface area contributed by atoms with Crippen LogP contribution in [-0.4, -0.2) is 26.7 Å². The predicted octanol–water partition coefficient (Wildman–Crippen LogP) is -0.0891. The summed E-state index contributed by atoms with van der Waals surface area (Å²) >= 11 is 0. The molecule has 11 heavy (non-hydrogen) atoms. The van der Waals surface area contributed by atoms with Crippen LogP contribution < -0.4 is 0 Å². The highest BCUT2D eigenvalue weighted by Crippen LogP contribution is 2.45. The van der Waals surface area contributed by atoms with E-state index in [2.05, 4.69) is 10.3 Å². The summed E-state index contributed by atoms with van der Waals surface area (Å²) in [4.78, 5) is 0. The smallest absolute Gasteiger partial charge is 0.0861 e. The standard InChI is InChI=1S/C7H11N3O/c1-10-3-7(8-9-10)6-2-5(6)4-11/h3,5-6,11H,2,4H2,1H3. The molecule has 1 heterocycles. The summed E-state index contributed by atoms with van der Waals surface area (Å²) in [6.45, 7) is 0.279. The fourth-order valence-electron chi connectivity index (χ4n) is 1.35. The molecule has 0 aromatic carbocycles. The Morgan fingerprint density at radius 1 is 1.82 bits per heavy atom. The maximum absolute atomic E-state index is 8.79. The van der Waals surface area contributed by atoms with E-state index in [1.165, 1.54) is 0 Å². The van der Waals surface area contributed by atoms with Crippen LogP contribution in [0.2, 0.25) is 0 Å². The summed E-state index contributed by atoms with van der Waals surface area (Å²) in [5.41, 5.74) is 1.02. The van der Waals surface area contributed by atoms with E-state index in [-0.39, 0.29) is 6.61 Å². The van der Waals surface area contributed by atoms with Crippen molar-refractivity contribution in [2.24, 2.45) is 13.0 Å². The zero-order valence-corrected chi connectivity index (χ0v) is 6.44. The highest BCUT2D eigenvalue weighted by atomic mass is 16.3. The number of aromatic nitrogens is 3. The zero-order valence-electron chi connectivity index (χ0n) is 6.44. The van der Waals surface area contributed by atoms with Gasteiger partial charge in [0.25, 0.3) is 0 Å². The van der Waals surface area contributed by atoms with E-state index in [0.29, 0.717) is 11.8 Å². The van der Waals surface area contributed by atoms with Crippen molar-refractivity contribution in [3.63, 3.8) is 0 Å². The van der Waals surface area contributed by atoms with E-state index >= 15 is 0 Å². The Kier molecular flexibility index (Phi) is 1.42. The first kappa shape index (κ1) is 6.79. The van der Waals surface area contributed by atoms with Gasteiger partial charge in [-0.2, -0.15) is 0 Å². The first-order chi connectivity index (χ1) is 5.31. The molecule has 0 saturated heterocycles. The lowest BCUT2D eigenvalue weighted by Gasteiger charge is -1.87. The van der Waals surface area contributed by atoms with Gasteiger partial charge in [0.1, 0.15) is 0 Å². The largest absolute Gasteiger partial charge is 0.396 e. The van der Waals surface area contributed by atoms with Crippen molar-refractivity contribution in [2.45, 2.75) is 12.3 Å². The molecule has 0 radical (unpaired) electrons. The molecule has 0 spiro atoms. The van der Waals surface area contributed by atoms with Gasteiger partial charge < -0.3 is 5.11 Å². The molecular weight excluding hydrogens is 142 g/mol. The predicted molar refractivity (Wildman–Crippen MR) is 38.9 cm³/mol.